The monoisotopic (exact) mass is 272 g/mol. The molecule has 2 aliphatic carbocycles. The molecular formula is C17H20O3. The number of carbonyl (C=O) groups excluding carboxylic acids is 2. The normalized spacial score (nSPS) is 33.9. The lowest BCUT2D eigenvalue weighted by atomic mass is 9.53. The smallest absolute Gasteiger partial charge is 0.142 e. The Morgan fingerprint density at radius 1 is 1.05 bits per heavy atom. The van der Waals surface area contributed by atoms with Crippen molar-refractivity contribution in [2.75, 3.05) is 0 Å². The second-order valence-electron chi connectivity index (χ2n) is 6.27. The molecular weight excluding hydrogens is 252 g/mol. The fourth-order valence-corrected chi connectivity index (χ4v) is 3.97. The van der Waals surface area contributed by atoms with Crippen LogP contribution in [0.1, 0.15) is 44.1 Å². The number of benzene rings is 1. The lowest BCUT2D eigenvalue weighted by Crippen LogP contribution is -2.60. The van der Waals surface area contributed by atoms with E-state index in [1.165, 1.54) is 0 Å². The second kappa shape index (κ2) is 4.81. The summed E-state index contributed by atoms with van der Waals surface area (Å²) in [7, 11) is 0. The first-order chi connectivity index (χ1) is 9.56. The molecule has 1 aromatic carbocycles. The summed E-state index contributed by atoms with van der Waals surface area (Å²) in [5.74, 6) is 0.230. The van der Waals surface area contributed by atoms with Gasteiger partial charge in [0.2, 0.25) is 0 Å². The van der Waals surface area contributed by atoms with Crippen molar-refractivity contribution in [1.29, 1.82) is 0 Å². The highest BCUT2D eigenvalue weighted by Crippen LogP contribution is 2.52. The molecule has 3 heteroatoms. The third-order valence-electron chi connectivity index (χ3n) is 5.09. The minimum Gasteiger partial charge on any atom is -0.388 e. The van der Waals surface area contributed by atoms with Crippen molar-refractivity contribution < 1.29 is 14.7 Å². The summed E-state index contributed by atoms with van der Waals surface area (Å²) in [6, 6.07) is 9.83. The quantitative estimate of drug-likeness (QED) is 0.899. The fourth-order valence-electron chi connectivity index (χ4n) is 3.97. The van der Waals surface area contributed by atoms with Crippen molar-refractivity contribution in [2.45, 2.75) is 50.5 Å². The number of rotatable bonds is 2. The summed E-state index contributed by atoms with van der Waals surface area (Å²) >= 11 is 0. The van der Waals surface area contributed by atoms with E-state index >= 15 is 0 Å². The number of hydrogen-bond donors (Lipinski definition) is 1. The van der Waals surface area contributed by atoms with E-state index < -0.39 is 11.0 Å². The molecule has 0 aromatic heterocycles. The highest BCUT2D eigenvalue weighted by Gasteiger charge is 2.59. The standard InChI is InChI=1S/C17H20O3/c18-14-8-10-16(11-13-5-2-1-3-6-13)15(19)7-4-9-17(16,20)12-14/h1-3,5-6,20H,4,7-12H2/t16-,17-/m0/s1. The molecule has 2 saturated carbocycles. The van der Waals surface area contributed by atoms with Gasteiger partial charge in [0.25, 0.3) is 0 Å². The third kappa shape index (κ3) is 2.01. The summed E-state index contributed by atoms with van der Waals surface area (Å²) in [5, 5.41) is 11.0. The van der Waals surface area contributed by atoms with Gasteiger partial charge in [0.05, 0.1) is 11.0 Å². The number of Topliss-reactive ketones (excluding diaryl/α,β-unsaturated/α-hetero) is 2. The van der Waals surface area contributed by atoms with Gasteiger partial charge in [0, 0.05) is 19.3 Å². The van der Waals surface area contributed by atoms with Crippen LogP contribution in [0.2, 0.25) is 0 Å². The average molecular weight is 272 g/mol. The molecule has 20 heavy (non-hydrogen) atoms. The SMILES string of the molecule is O=C1CC[C@]2(Cc3ccccc3)C(=O)CCC[C@]2(O)C1. The topological polar surface area (TPSA) is 54.4 Å². The molecule has 0 bridgehead atoms. The fraction of sp³-hybridized carbons (Fsp3) is 0.529. The van der Waals surface area contributed by atoms with Crippen LogP contribution in [0.3, 0.4) is 0 Å². The summed E-state index contributed by atoms with van der Waals surface area (Å²) in [6.45, 7) is 0. The number of fused-ring (bicyclic) bond motifs is 1. The molecule has 2 fully saturated rings. The highest BCUT2D eigenvalue weighted by atomic mass is 16.3. The zero-order valence-corrected chi connectivity index (χ0v) is 11.6. The minimum absolute atomic E-state index is 0.0888. The van der Waals surface area contributed by atoms with E-state index in [4.69, 9.17) is 0 Å². The molecule has 0 saturated heterocycles. The first-order valence-electron chi connectivity index (χ1n) is 7.37. The molecule has 106 valence electrons. The van der Waals surface area contributed by atoms with Crippen LogP contribution in [0.25, 0.3) is 0 Å². The van der Waals surface area contributed by atoms with Crippen LogP contribution in [0, 0.1) is 5.41 Å². The molecule has 3 nitrogen and oxygen atoms in total. The number of aliphatic hydroxyl groups is 1. The van der Waals surface area contributed by atoms with E-state index in [0.29, 0.717) is 38.5 Å². The van der Waals surface area contributed by atoms with Gasteiger partial charge in [-0.05, 0) is 31.2 Å². The van der Waals surface area contributed by atoms with E-state index in [2.05, 4.69) is 0 Å². The molecule has 0 amide bonds. The Bertz CT molecular complexity index is 536. The molecule has 0 unspecified atom stereocenters. The van der Waals surface area contributed by atoms with Crippen LogP contribution >= 0.6 is 0 Å². The lowest BCUT2D eigenvalue weighted by molar-refractivity contribution is -0.171. The van der Waals surface area contributed by atoms with Crippen LogP contribution in [-0.2, 0) is 16.0 Å². The minimum atomic E-state index is -1.13. The van der Waals surface area contributed by atoms with Crippen LogP contribution in [0.4, 0.5) is 0 Å². The molecule has 1 aromatic rings. The van der Waals surface area contributed by atoms with Crippen molar-refractivity contribution in [3.05, 3.63) is 35.9 Å². The zero-order valence-electron chi connectivity index (χ0n) is 11.6. The van der Waals surface area contributed by atoms with Crippen LogP contribution in [-0.4, -0.2) is 22.3 Å². The Kier molecular flexibility index (Phi) is 3.25. The van der Waals surface area contributed by atoms with Gasteiger partial charge in [0.15, 0.2) is 0 Å². The van der Waals surface area contributed by atoms with Crippen molar-refractivity contribution in [3.63, 3.8) is 0 Å². The molecule has 2 aliphatic rings. The predicted octanol–water partition coefficient (Wildman–Crippen LogP) is 2.45. The Morgan fingerprint density at radius 2 is 1.80 bits per heavy atom. The van der Waals surface area contributed by atoms with E-state index in [1.807, 2.05) is 30.3 Å². The molecule has 0 radical (unpaired) electrons. The van der Waals surface area contributed by atoms with Gasteiger partial charge in [-0.15, -0.1) is 0 Å². The van der Waals surface area contributed by atoms with Gasteiger partial charge >= 0.3 is 0 Å². The van der Waals surface area contributed by atoms with Gasteiger partial charge in [-0.25, -0.2) is 0 Å². The van der Waals surface area contributed by atoms with E-state index in [1.54, 1.807) is 0 Å². The summed E-state index contributed by atoms with van der Waals surface area (Å²) in [4.78, 5) is 24.3. The van der Waals surface area contributed by atoms with E-state index in [-0.39, 0.29) is 18.0 Å². The number of ketones is 2. The van der Waals surface area contributed by atoms with Gasteiger partial charge in [-0.1, -0.05) is 30.3 Å². The van der Waals surface area contributed by atoms with Crippen LogP contribution in [0.15, 0.2) is 30.3 Å². The van der Waals surface area contributed by atoms with Gasteiger partial charge in [0.1, 0.15) is 11.6 Å². The third-order valence-corrected chi connectivity index (χ3v) is 5.09. The van der Waals surface area contributed by atoms with Crippen LogP contribution in [0.5, 0.6) is 0 Å². The van der Waals surface area contributed by atoms with Crippen molar-refractivity contribution >= 4 is 11.6 Å². The predicted molar refractivity (Wildman–Crippen MR) is 75.2 cm³/mol. The number of hydrogen-bond acceptors (Lipinski definition) is 3. The first-order valence-corrected chi connectivity index (χ1v) is 7.37. The van der Waals surface area contributed by atoms with E-state index in [9.17, 15) is 14.7 Å². The second-order valence-corrected chi connectivity index (χ2v) is 6.27. The van der Waals surface area contributed by atoms with Crippen LogP contribution < -0.4 is 0 Å². The van der Waals surface area contributed by atoms with Gasteiger partial charge in [-0.2, -0.15) is 0 Å². The Balaban J connectivity index is 2.00. The summed E-state index contributed by atoms with van der Waals surface area (Å²) in [6.07, 6.45) is 3.40. The molecule has 0 heterocycles. The Hall–Kier alpha value is -1.48. The molecule has 3 rings (SSSR count). The lowest BCUT2D eigenvalue weighted by Gasteiger charge is -2.52. The van der Waals surface area contributed by atoms with Gasteiger partial charge < -0.3 is 5.11 Å². The van der Waals surface area contributed by atoms with Crippen molar-refractivity contribution in [3.8, 4) is 0 Å². The maximum Gasteiger partial charge on any atom is 0.142 e. The van der Waals surface area contributed by atoms with Gasteiger partial charge in [-0.3, -0.25) is 9.59 Å². The molecule has 0 aliphatic heterocycles. The summed E-state index contributed by atoms with van der Waals surface area (Å²) in [5.41, 5.74) is -0.816. The number of carbonyl (C=O) groups is 2. The maximum absolute atomic E-state index is 12.6. The molecule has 1 N–H and O–H groups in total. The summed E-state index contributed by atoms with van der Waals surface area (Å²) < 4.78 is 0. The molecule has 2 atom stereocenters. The Morgan fingerprint density at radius 3 is 2.55 bits per heavy atom. The largest absolute Gasteiger partial charge is 0.388 e. The zero-order chi connectivity index (χ0) is 14.2. The van der Waals surface area contributed by atoms with E-state index in [0.717, 1.165) is 5.56 Å². The maximum atomic E-state index is 12.6. The van der Waals surface area contributed by atoms with Crippen molar-refractivity contribution in [2.24, 2.45) is 5.41 Å². The first kappa shape index (κ1) is 13.5. The Labute approximate surface area is 119 Å². The van der Waals surface area contributed by atoms with Crippen molar-refractivity contribution in [1.82, 2.24) is 0 Å². The molecule has 0 spiro atoms. The highest BCUT2D eigenvalue weighted by molar-refractivity contribution is 5.92. The average Bonchev–Trinajstić information content (AvgIpc) is 2.42.